The van der Waals surface area contributed by atoms with Crippen molar-refractivity contribution in [2.45, 2.75) is 20.0 Å². The van der Waals surface area contributed by atoms with E-state index < -0.39 is 0 Å². The molecule has 1 aliphatic heterocycles. The molecular weight excluding hydrogens is 170 g/mol. The fourth-order valence-corrected chi connectivity index (χ4v) is 0.854. The van der Waals surface area contributed by atoms with Gasteiger partial charge in [0, 0.05) is 0 Å². The zero-order valence-electron chi connectivity index (χ0n) is 7.74. The third-order valence-electron chi connectivity index (χ3n) is 1.51. The van der Waals surface area contributed by atoms with Gasteiger partial charge in [0.2, 0.25) is 0 Å². The second kappa shape index (κ2) is 4.54. The van der Waals surface area contributed by atoms with E-state index in [0.29, 0.717) is 6.54 Å². The van der Waals surface area contributed by atoms with Crippen LogP contribution in [0, 0.1) is 6.92 Å². The largest absolute Gasteiger partial charge is 0.470 e. The van der Waals surface area contributed by atoms with Crippen LogP contribution in [0.25, 0.3) is 0 Å². The average molecular weight is 183 g/mol. The highest BCUT2D eigenvalue weighted by Gasteiger charge is 2.16. The molecule has 1 saturated heterocycles. The van der Waals surface area contributed by atoms with Crippen LogP contribution in [0.5, 0.6) is 0 Å². The van der Waals surface area contributed by atoms with Crippen molar-refractivity contribution in [2.75, 3.05) is 6.54 Å². The first-order valence-corrected chi connectivity index (χ1v) is 4.13. The molecule has 0 bridgehead atoms. The number of ether oxygens (including phenoxy) is 1. The van der Waals surface area contributed by atoms with Crippen LogP contribution in [0.15, 0.2) is 22.8 Å². The lowest BCUT2D eigenvalue weighted by Crippen LogP contribution is -2.12. The second-order valence-corrected chi connectivity index (χ2v) is 2.82. The first kappa shape index (κ1) is 9.64. The summed E-state index contributed by atoms with van der Waals surface area (Å²) < 4.78 is 9.44. The summed E-state index contributed by atoms with van der Waals surface area (Å²) in [6.45, 7) is 4.41. The van der Waals surface area contributed by atoms with Crippen molar-refractivity contribution in [1.82, 2.24) is 5.32 Å². The zero-order chi connectivity index (χ0) is 9.68. The van der Waals surface area contributed by atoms with Gasteiger partial charge in [0.15, 0.2) is 0 Å². The fourth-order valence-electron chi connectivity index (χ4n) is 0.854. The lowest BCUT2D eigenvalue weighted by Gasteiger charge is -1.92. The molecule has 13 heavy (non-hydrogen) atoms. The van der Waals surface area contributed by atoms with E-state index in [-0.39, 0.29) is 12.2 Å². The van der Waals surface area contributed by atoms with Crippen molar-refractivity contribution in [3.05, 3.63) is 24.2 Å². The Hall–Kier alpha value is -1.45. The number of hydrogen-bond acceptors (Lipinski definition) is 3. The molecule has 2 heterocycles. The molecule has 1 amide bonds. The van der Waals surface area contributed by atoms with Crippen molar-refractivity contribution in [3.63, 3.8) is 0 Å². The predicted octanol–water partition coefficient (Wildman–Crippen LogP) is 1.70. The number of hydrogen-bond donors (Lipinski definition) is 1. The summed E-state index contributed by atoms with van der Waals surface area (Å²) >= 11 is 0. The van der Waals surface area contributed by atoms with Gasteiger partial charge in [-0.15, -0.1) is 0 Å². The number of alkyl carbamates (subject to hydrolysis) is 1. The second-order valence-electron chi connectivity index (χ2n) is 2.82. The molecule has 1 N–H and O–H groups in total. The predicted molar refractivity (Wildman–Crippen MR) is 47.4 cm³/mol. The van der Waals surface area contributed by atoms with Crippen molar-refractivity contribution in [2.24, 2.45) is 0 Å². The summed E-state index contributed by atoms with van der Waals surface area (Å²) in [7, 11) is 0. The molecular formula is C9H13NO3. The lowest BCUT2D eigenvalue weighted by atomic mass is 10.4. The Morgan fingerprint density at radius 2 is 2.38 bits per heavy atom. The van der Waals surface area contributed by atoms with Crippen LogP contribution in [0.4, 0.5) is 4.79 Å². The number of aryl methyl sites for hydroxylation is 1. The Bertz CT molecular complexity index is 256. The van der Waals surface area contributed by atoms with Crippen LogP contribution < -0.4 is 5.32 Å². The van der Waals surface area contributed by atoms with E-state index in [2.05, 4.69) is 10.1 Å². The van der Waals surface area contributed by atoms with Crippen molar-refractivity contribution >= 4 is 6.09 Å². The molecule has 0 saturated carbocycles. The molecule has 1 fully saturated rings. The maximum Gasteiger partial charge on any atom is 0.407 e. The summed E-state index contributed by atoms with van der Waals surface area (Å²) in [6.07, 6.45) is 1.43. The number of nitrogens with one attached hydrogen (secondary N) is 1. The van der Waals surface area contributed by atoms with E-state index >= 15 is 0 Å². The molecule has 1 aromatic rings. The van der Waals surface area contributed by atoms with Crippen LogP contribution in [0.3, 0.4) is 0 Å². The van der Waals surface area contributed by atoms with E-state index in [1.807, 2.05) is 26.0 Å². The first-order valence-electron chi connectivity index (χ1n) is 4.13. The Morgan fingerprint density at radius 1 is 1.62 bits per heavy atom. The highest BCUT2D eigenvalue weighted by molar-refractivity contribution is 5.69. The van der Waals surface area contributed by atoms with Gasteiger partial charge in [-0.25, -0.2) is 4.79 Å². The molecule has 2 rings (SSSR count). The SMILES string of the molecule is C[C@@H]1CNC(=O)O1.Cc1ccco1. The molecule has 4 nitrogen and oxygen atoms in total. The van der Waals surface area contributed by atoms with Gasteiger partial charge in [0.25, 0.3) is 0 Å². The summed E-state index contributed by atoms with van der Waals surface area (Å²) in [5.41, 5.74) is 0. The van der Waals surface area contributed by atoms with E-state index in [9.17, 15) is 4.79 Å². The van der Waals surface area contributed by atoms with Crippen molar-refractivity contribution in [1.29, 1.82) is 0 Å². The number of amides is 1. The van der Waals surface area contributed by atoms with E-state index in [4.69, 9.17) is 4.42 Å². The molecule has 0 unspecified atom stereocenters. The van der Waals surface area contributed by atoms with E-state index in [1.54, 1.807) is 6.26 Å². The summed E-state index contributed by atoms with van der Waals surface area (Å²) in [4.78, 5) is 10.1. The van der Waals surface area contributed by atoms with Gasteiger partial charge in [-0.2, -0.15) is 0 Å². The zero-order valence-corrected chi connectivity index (χ0v) is 7.74. The number of carbonyl (C=O) groups is 1. The van der Waals surface area contributed by atoms with Crippen LogP contribution in [0.1, 0.15) is 12.7 Å². The van der Waals surface area contributed by atoms with Gasteiger partial charge >= 0.3 is 6.09 Å². The Labute approximate surface area is 76.9 Å². The van der Waals surface area contributed by atoms with Crippen molar-refractivity contribution < 1.29 is 13.9 Å². The monoisotopic (exact) mass is 183 g/mol. The van der Waals surface area contributed by atoms with E-state index in [0.717, 1.165) is 5.76 Å². The summed E-state index contributed by atoms with van der Waals surface area (Å²) in [5, 5.41) is 2.51. The Balaban J connectivity index is 0.000000132. The molecule has 0 radical (unpaired) electrons. The summed E-state index contributed by atoms with van der Waals surface area (Å²) in [5.74, 6) is 0.968. The van der Waals surface area contributed by atoms with Gasteiger partial charge in [0.1, 0.15) is 11.9 Å². The quantitative estimate of drug-likeness (QED) is 0.666. The highest BCUT2D eigenvalue weighted by Crippen LogP contribution is 1.95. The van der Waals surface area contributed by atoms with Crippen molar-refractivity contribution in [3.8, 4) is 0 Å². The molecule has 72 valence electrons. The Kier molecular flexibility index (Phi) is 3.37. The maximum atomic E-state index is 10.1. The topological polar surface area (TPSA) is 51.5 Å². The molecule has 0 spiro atoms. The molecule has 0 aromatic carbocycles. The first-order chi connectivity index (χ1) is 6.18. The third-order valence-corrected chi connectivity index (χ3v) is 1.51. The minimum Gasteiger partial charge on any atom is -0.470 e. The van der Waals surface area contributed by atoms with Crippen LogP contribution in [-0.4, -0.2) is 18.7 Å². The van der Waals surface area contributed by atoms with Gasteiger partial charge in [-0.05, 0) is 26.0 Å². The normalized spacial score (nSPS) is 19.8. The van der Waals surface area contributed by atoms with Crippen LogP contribution >= 0.6 is 0 Å². The minimum atomic E-state index is -0.299. The maximum absolute atomic E-state index is 10.1. The fraction of sp³-hybridized carbons (Fsp3) is 0.444. The number of rotatable bonds is 0. The van der Waals surface area contributed by atoms with Gasteiger partial charge < -0.3 is 14.5 Å². The third kappa shape index (κ3) is 3.64. The average Bonchev–Trinajstić information content (AvgIpc) is 2.64. The Morgan fingerprint density at radius 3 is 2.54 bits per heavy atom. The van der Waals surface area contributed by atoms with Crippen LogP contribution in [-0.2, 0) is 4.74 Å². The van der Waals surface area contributed by atoms with E-state index in [1.165, 1.54) is 0 Å². The molecule has 1 aliphatic rings. The van der Waals surface area contributed by atoms with Gasteiger partial charge in [-0.1, -0.05) is 0 Å². The summed E-state index contributed by atoms with van der Waals surface area (Å²) in [6, 6.07) is 3.79. The minimum absolute atomic E-state index is 0.0625. The molecule has 1 atom stereocenters. The number of furan rings is 1. The van der Waals surface area contributed by atoms with Gasteiger partial charge in [-0.3, -0.25) is 0 Å². The smallest absolute Gasteiger partial charge is 0.407 e. The molecule has 1 aromatic heterocycles. The number of carbonyl (C=O) groups excluding carboxylic acids is 1. The molecule has 0 aliphatic carbocycles. The standard InChI is InChI=1S/C5H6O.C4H7NO2/c1-5-3-2-4-6-5;1-3-2-5-4(6)7-3/h2-4H,1H3;3H,2H2,1H3,(H,5,6)/t;3-/m.1/s1. The number of cyclic esters (lactones) is 1. The lowest BCUT2D eigenvalue weighted by molar-refractivity contribution is 0.148. The molecule has 4 heteroatoms. The van der Waals surface area contributed by atoms with Gasteiger partial charge in [0.05, 0.1) is 12.8 Å². The van der Waals surface area contributed by atoms with Crippen LogP contribution in [0.2, 0.25) is 0 Å². The highest BCUT2D eigenvalue weighted by atomic mass is 16.6.